The lowest BCUT2D eigenvalue weighted by Gasteiger charge is -2.17. The highest BCUT2D eigenvalue weighted by Gasteiger charge is 2.09. The van der Waals surface area contributed by atoms with Crippen molar-refractivity contribution in [1.29, 1.82) is 0 Å². The van der Waals surface area contributed by atoms with Crippen LogP contribution >= 0.6 is 15.9 Å². The Bertz CT molecular complexity index is 528. The summed E-state index contributed by atoms with van der Waals surface area (Å²) in [7, 11) is 0. The summed E-state index contributed by atoms with van der Waals surface area (Å²) in [6, 6.07) is 16.3. The molecular formula is C16H18BrNO. The van der Waals surface area contributed by atoms with Crippen molar-refractivity contribution >= 4 is 15.9 Å². The Labute approximate surface area is 122 Å². The minimum Gasteiger partial charge on any atom is -0.394 e. The van der Waals surface area contributed by atoms with Gasteiger partial charge in [0.15, 0.2) is 0 Å². The number of rotatable bonds is 5. The van der Waals surface area contributed by atoms with Gasteiger partial charge in [0, 0.05) is 11.0 Å². The van der Waals surface area contributed by atoms with E-state index in [2.05, 4.69) is 46.4 Å². The molecule has 0 amide bonds. The van der Waals surface area contributed by atoms with E-state index in [0.717, 1.165) is 16.6 Å². The first kappa shape index (κ1) is 14.3. The van der Waals surface area contributed by atoms with Gasteiger partial charge in [-0.1, -0.05) is 58.4 Å². The zero-order valence-electron chi connectivity index (χ0n) is 10.9. The van der Waals surface area contributed by atoms with Crippen LogP contribution in [0.5, 0.6) is 0 Å². The zero-order valence-corrected chi connectivity index (χ0v) is 12.5. The normalized spacial score (nSPS) is 12.4. The van der Waals surface area contributed by atoms with E-state index in [1.54, 1.807) is 0 Å². The molecule has 2 aromatic carbocycles. The van der Waals surface area contributed by atoms with Crippen LogP contribution in [0.1, 0.15) is 22.7 Å². The molecule has 19 heavy (non-hydrogen) atoms. The SMILES string of the molecule is Cc1ccc(CN[C@H](CO)c2ccccc2)c(Br)c1. The van der Waals surface area contributed by atoms with Crippen molar-refractivity contribution in [3.8, 4) is 0 Å². The summed E-state index contributed by atoms with van der Waals surface area (Å²) in [5.74, 6) is 0. The van der Waals surface area contributed by atoms with Gasteiger partial charge in [0.2, 0.25) is 0 Å². The average Bonchev–Trinajstić information content (AvgIpc) is 2.43. The van der Waals surface area contributed by atoms with Gasteiger partial charge in [0.25, 0.3) is 0 Å². The summed E-state index contributed by atoms with van der Waals surface area (Å²) in [6.07, 6.45) is 0. The first-order valence-electron chi connectivity index (χ1n) is 6.35. The number of hydrogen-bond donors (Lipinski definition) is 2. The average molecular weight is 320 g/mol. The Morgan fingerprint density at radius 1 is 1.16 bits per heavy atom. The van der Waals surface area contributed by atoms with Crippen LogP contribution in [0.3, 0.4) is 0 Å². The molecule has 0 spiro atoms. The van der Waals surface area contributed by atoms with Crippen molar-refractivity contribution in [1.82, 2.24) is 5.32 Å². The number of nitrogens with one attached hydrogen (secondary N) is 1. The van der Waals surface area contributed by atoms with Crippen molar-refractivity contribution in [2.75, 3.05) is 6.61 Å². The molecule has 0 saturated carbocycles. The van der Waals surface area contributed by atoms with Gasteiger partial charge >= 0.3 is 0 Å². The lowest BCUT2D eigenvalue weighted by molar-refractivity contribution is 0.243. The standard InChI is InChI=1S/C16H18BrNO/c1-12-7-8-14(15(17)9-12)10-18-16(11-19)13-5-3-2-4-6-13/h2-9,16,18-19H,10-11H2,1H3/t16-/m1/s1. The minimum atomic E-state index is -0.0330. The van der Waals surface area contributed by atoms with Gasteiger partial charge in [-0.15, -0.1) is 0 Å². The summed E-state index contributed by atoms with van der Waals surface area (Å²) in [5.41, 5.74) is 3.53. The molecule has 3 heteroatoms. The molecule has 2 nitrogen and oxygen atoms in total. The van der Waals surface area contributed by atoms with Crippen molar-refractivity contribution in [3.05, 3.63) is 69.7 Å². The summed E-state index contributed by atoms with van der Waals surface area (Å²) in [6.45, 7) is 2.89. The predicted octanol–water partition coefficient (Wildman–Crippen LogP) is 3.58. The van der Waals surface area contributed by atoms with Crippen molar-refractivity contribution in [2.24, 2.45) is 0 Å². The third-order valence-electron chi connectivity index (χ3n) is 3.13. The van der Waals surface area contributed by atoms with Crippen LogP contribution in [0.4, 0.5) is 0 Å². The zero-order chi connectivity index (χ0) is 13.7. The van der Waals surface area contributed by atoms with E-state index in [9.17, 15) is 5.11 Å². The smallest absolute Gasteiger partial charge is 0.0626 e. The van der Waals surface area contributed by atoms with Crippen LogP contribution in [-0.2, 0) is 6.54 Å². The highest BCUT2D eigenvalue weighted by molar-refractivity contribution is 9.10. The van der Waals surface area contributed by atoms with Crippen LogP contribution in [0.25, 0.3) is 0 Å². The number of halogens is 1. The van der Waals surface area contributed by atoms with Crippen molar-refractivity contribution in [2.45, 2.75) is 19.5 Å². The summed E-state index contributed by atoms with van der Waals surface area (Å²) < 4.78 is 1.10. The minimum absolute atomic E-state index is 0.0330. The van der Waals surface area contributed by atoms with Gasteiger partial charge in [-0.3, -0.25) is 0 Å². The molecule has 0 unspecified atom stereocenters. The maximum absolute atomic E-state index is 9.50. The number of aliphatic hydroxyl groups is 1. The monoisotopic (exact) mass is 319 g/mol. The molecule has 0 aromatic heterocycles. The van der Waals surface area contributed by atoms with Gasteiger partial charge in [0.1, 0.15) is 0 Å². The third-order valence-corrected chi connectivity index (χ3v) is 3.87. The lowest BCUT2D eigenvalue weighted by Crippen LogP contribution is -2.24. The highest BCUT2D eigenvalue weighted by atomic mass is 79.9. The molecular weight excluding hydrogens is 302 g/mol. The number of aryl methyl sites for hydroxylation is 1. The lowest BCUT2D eigenvalue weighted by atomic mass is 10.1. The first-order chi connectivity index (χ1) is 9.20. The molecule has 0 aliphatic rings. The fourth-order valence-corrected chi connectivity index (χ4v) is 2.64. The summed E-state index contributed by atoms with van der Waals surface area (Å²) in [4.78, 5) is 0. The first-order valence-corrected chi connectivity index (χ1v) is 7.14. The van der Waals surface area contributed by atoms with E-state index in [1.807, 2.05) is 30.3 Å². The molecule has 1 atom stereocenters. The molecule has 2 rings (SSSR count). The van der Waals surface area contributed by atoms with Crippen molar-refractivity contribution < 1.29 is 5.11 Å². The Morgan fingerprint density at radius 2 is 1.89 bits per heavy atom. The van der Waals surface area contributed by atoms with Gasteiger partial charge < -0.3 is 10.4 Å². The Balaban J connectivity index is 2.04. The van der Waals surface area contributed by atoms with Gasteiger partial charge in [0.05, 0.1) is 12.6 Å². The third kappa shape index (κ3) is 3.90. The molecule has 0 heterocycles. The van der Waals surface area contributed by atoms with E-state index in [1.165, 1.54) is 11.1 Å². The predicted molar refractivity (Wildman–Crippen MR) is 82.0 cm³/mol. The maximum Gasteiger partial charge on any atom is 0.0626 e. The van der Waals surface area contributed by atoms with Crippen LogP contribution < -0.4 is 5.32 Å². The Morgan fingerprint density at radius 3 is 2.53 bits per heavy atom. The topological polar surface area (TPSA) is 32.3 Å². The largest absolute Gasteiger partial charge is 0.394 e. The van der Waals surface area contributed by atoms with Crippen LogP contribution in [0.15, 0.2) is 53.0 Å². The van der Waals surface area contributed by atoms with E-state index in [-0.39, 0.29) is 12.6 Å². The van der Waals surface area contributed by atoms with Crippen LogP contribution in [0, 0.1) is 6.92 Å². The fraction of sp³-hybridized carbons (Fsp3) is 0.250. The number of benzene rings is 2. The Kier molecular flexibility index (Phi) is 5.14. The molecule has 2 N–H and O–H groups in total. The number of aliphatic hydroxyl groups excluding tert-OH is 1. The second-order valence-corrected chi connectivity index (χ2v) is 5.48. The van der Waals surface area contributed by atoms with Crippen molar-refractivity contribution in [3.63, 3.8) is 0 Å². The van der Waals surface area contributed by atoms with Gasteiger partial charge in [-0.25, -0.2) is 0 Å². The molecule has 0 fully saturated rings. The second kappa shape index (κ2) is 6.85. The molecule has 0 bridgehead atoms. The van der Waals surface area contributed by atoms with Crippen LogP contribution in [0.2, 0.25) is 0 Å². The van der Waals surface area contributed by atoms with E-state index < -0.39 is 0 Å². The fourth-order valence-electron chi connectivity index (χ4n) is 2.00. The quantitative estimate of drug-likeness (QED) is 0.882. The molecule has 0 radical (unpaired) electrons. The van der Waals surface area contributed by atoms with E-state index in [0.29, 0.717) is 0 Å². The number of hydrogen-bond acceptors (Lipinski definition) is 2. The molecule has 100 valence electrons. The summed E-state index contributed by atoms with van der Waals surface area (Å²) in [5, 5.41) is 12.9. The summed E-state index contributed by atoms with van der Waals surface area (Å²) >= 11 is 3.57. The van der Waals surface area contributed by atoms with Crippen LogP contribution in [-0.4, -0.2) is 11.7 Å². The van der Waals surface area contributed by atoms with Gasteiger partial charge in [-0.05, 0) is 29.7 Å². The Hall–Kier alpha value is -1.16. The molecule has 2 aromatic rings. The second-order valence-electron chi connectivity index (χ2n) is 4.62. The maximum atomic E-state index is 9.50. The molecule has 0 aliphatic carbocycles. The van der Waals surface area contributed by atoms with Gasteiger partial charge in [-0.2, -0.15) is 0 Å². The van der Waals surface area contributed by atoms with E-state index >= 15 is 0 Å². The molecule has 0 aliphatic heterocycles. The highest BCUT2D eigenvalue weighted by Crippen LogP contribution is 2.19. The van der Waals surface area contributed by atoms with E-state index in [4.69, 9.17) is 0 Å². The molecule has 0 saturated heterocycles.